The van der Waals surface area contributed by atoms with Gasteiger partial charge < -0.3 is 9.97 Å². The predicted octanol–water partition coefficient (Wildman–Crippen LogP) is 8.75. The largest absolute Gasteiger partial charge is 0.338 e. The normalized spacial score (nSPS) is 11.7. The van der Waals surface area contributed by atoms with E-state index in [4.69, 9.17) is 9.97 Å². The van der Waals surface area contributed by atoms with Crippen LogP contribution in [0, 0.1) is 0 Å². The molecule has 4 heteroatoms. The number of imidazole rings is 2. The number of aromatic nitrogens is 4. The van der Waals surface area contributed by atoms with Gasteiger partial charge in [0.2, 0.25) is 0 Å². The molecule has 0 saturated heterocycles. The van der Waals surface area contributed by atoms with E-state index in [2.05, 4.69) is 131 Å². The fourth-order valence-electron chi connectivity index (χ4n) is 5.32. The maximum Gasteiger partial charge on any atom is 0.138 e. The van der Waals surface area contributed by atoms with Gasteiger partial charge in [-0.3, -0.25) is 0 Å². The highest BCUT2D eigenvalue weighted by Gasteiger charge is 2.11. The van der Waals surface area contributed by atoms with E-state index in [1.165, 1.54) is 21.5 Å². The fraction of sp³-hybridized carbons (Fsp3) is 0. The van der Waals surface area contributed by atoms with E-state index >= 15 is 0 Å². The summed E-state index contributed by atoms with van der Waals surface area (Å²) in [5, 5.41) is 4.88. The van der Waals surface area contributed by atoms with E-state index in [9.17, 15) is 0 Å². The summed E-state index contributed by atoms with van der Waals surface area (Å²) in [5.41, 5.74) is 8.35. The highest BCUT2D eigenvalue weighted by Crippen LogP contribution is 2.30. The Morgan fingerprint density at radius 2 is 0.789 bits per heavy atom. The van der Waals surface area contributed by atoms with Crippen LogP contribution in [0.15, 0.2) is 121 Å². The van der Waals surface area contributed by atoms with Crippen molar-refractivity contribution in [3.63, 3.8) is 0 Å². The van der Waals surface area contributed by atoms with Crippen molar-refractivity contribution in [1.29, 1.82) is 0 Å². The zero-order chi connectivity index (χ0) is 25.1. The molecule has 0 radical (unpaired) electrons. The van der Waals surface area contributed by atoms with Crippen molar-refractivity contribution in [2.45, 2.75) is 0 Å². The minimum atomic E-state index is 0.880. The number of aromatic amines is 2. The number of nitrogens with one attached hydrogen (secondary N) is 2. The van der Waals surface area contributed by atoms with Gasteiger partial charge in [-0.05, 0) is 69.1 Å². The van der Waals surface area contributed by atoms with Gasteiger partial charge in [-0.15, -0.1) is 0 Å². The van der Waals surface area contributed by atoms with Gasteiger partial charge in [0.1, 0.15) is 11.6 Å². The average Bonchev–Trinajstić information content (AvgIpc) is 3.60. The molecular formula is C34H22N4. The van der Waals surface area contributed by atoms with E-state index in [0.717, 1.165) is 56.0 Å². The highest BCUT2D eigenvalue weighted by atomic mass is 14.9. The maximum atomic E-state index is 4.93. The van der Waals surface area contributed by atoms with Crippen molar-refractivity contribution >= 4 is 43.6 Å². The van der Waals surface area contributed by atoms with Crippen LogP contribution in [0.3, 0.4) is 0 Å². The van der Waals surface area contributed by atoms with Gasteiger partial charge in [0, 0.05) is 11.1 Å². The highest BCUT2D eigenvalue weighted by molar-refractivity contribution is 5.91. The van der Waals surface area contributed by atoms with Gasteiger partial charge in [-0.25, -0.2) is 9.97 Å². The van der Waals surface area contributed by atoms with Crippen LogP contribution in [-0.2, 0) is 0 Å². The van der Waals surface area contributed by atoms with Crippen LogP contribution in [0.2, 0.25) is 0 Å². The zero-order valence-corrected chi connectivity index (χ0v) is 20.4. The third-order valence-electron chi connectivity index (χ3n) is 7.35. The molecule has 4 nitrogen and oxygen atoms in total. The summed E-state index contributed by atoms with van der Waals surface area (Å²) in [6, 6.07) is 42.5. The third-order valence-corrected chi connectivity index (χ3v) is 7.35. The molecule has 0 spiro atoms. The summed E-state index contributed by atoms with van der Waals surface area (Å²) in [6.45, 7) is 0. The third kappa shape index (κ3) is 3.46. The lowest BCUT2D eigenvalue weighted by Crippen LogP contribution is -1.81. The van der Waals surface area contributed by atoms with E-state index in [-0.39, 0.29) is 0 Å². The van der Waals surface area contributed by atoms with Crippen molar-refractivity contribution in [1.82, 2.24) is 19.9 Å². The first-order valence-electron chi connectivity index (χ1n) is 12.8. The van der Waals surface area contributed by atoms with E-state index in [1.807, 2.05) is 0 Å². The van der Waals surface area contributed by atoms with Gasteiger partial charge in [0.15, 0.2) is 0 Å². The van der Waals surface area contributed by atoms with Crippen LogP contribution >= 0.6 is 0 Å². The quantitative estimate of drug-likeness (QED) is 0.262. The number of benzene rings is 6. The number of nitrogens with zero attached hydrogens (tertiary/aromatic N) is 2. The Hall–Kier alpha value is -5.22. The number of hydrogen-bond acceptors (Lipinski definition) is 2. The molecule has 8 rings (SSSR count). The second kappa shape index (κ2) is 8.15. The van der Waals surface area contributed by atoms with Gasteiger partial charge >= 0.3 is 0 Å². The van der Waals surface area contributed by atoms with Crippen LogP contribution in [0.25, 0.3) is 77.5 Å². The lowest BCUT2D eigenvalue weighted by molar-refractivity contribution is 1.34. The molecule has 0 unspecified atom stereocenters. The minimum Gasteiger partial charge on any atom is -0.338 e. The van der Waals surface area contributed by atoms with Crippen LogP contribution in [0.4, 0.5) is 0 Å². The molecule has 0 amide bonds. The van der Waals surface area contributed by atoms with Crippen molar-refractivity contribution in [3.05, 3.63) is 121 Å². The standard InChI is InChI=1S/C34H22N4/c1-3-7-23-17-27(11-9-21(23)5-1)33-35-29-15-13-25(19-31(29)37-33)26-14-16-30-32(20-26)38-34(36-30)28-12-10-22-6-2-4-8-24(22)18-28/h1-20H,(H,35,37)(H,36,38). The number of fused-ring (bicyclic) bond motifs is 4. The molecule has 38 heavy (non-hydrogen) atoms. The van der Waals surface area contributed by atoms with Crippen molar-refractivity contribution in [2.24, 2.45) is 0 Å². The monoisotopic (exact) mass is 486 g/mol. The maximum absolute atomic E-state index is 4.93. The van der Waals surface area contributed by atoms with Gasteiger partial charge in [0.25, 0.3) is 0 Å². The summed E-state index contributed by atoms with van der Waals surface area (Å²) in [7, 11) is 0. The summed E-state index contributed by atoms with van der Waals surface area (Å²) >= 11 is 0. The molecule has 6 aromatic carbocycles. The molecule has 2 heterocycles. The second-order valence-corrected chi connectivity index (χ2v) is 9.76. The SMILES string of the molecule is c1ccc2cc(-c3nc4cc(-c5ccc6[nH]c(-c7ccc8ccccc8c7)nc6c5)ccc4[nH]3)ccc2c1. The summed E-state index contributed by atoms with van der Waals surface area (Å²) < 4.78 is 0. The molecule has 0 fully saturated rings. The zero-order valence-electron chi connectivity index (χ0n) is 20.4. The van der Waals surface area contributed by atoms with Crippen LogP contribution in [0.5, 0.6) is 0 Å². The van der Waals surface area contributed by atoms with E-state index < -0.39 is 0 Å². The molecule has 2 aromatic heterocycles. The predicted molar refractivity (Wildman–Crippen MR) is 157 cm³/mol. The number of hydrogen-bond donors (Lipinski definition) is 2. The van der Waals surface area contributed by atoms with Gasteiger partial charge in [0.05, 0.1) is 22.1 Å². The van der Waals surface area contributed by atoms with Crippen LogP contribution in [0.1, 0.15) is 0 Å². The van der Waals surface area contributed by atoms with Crippen molar-refractivity contribution in [2.75, 3.05) is 0 Å². The Kier molecular flexibility index (Phi) is 4.49. The number of H-pyrrole nitrogens is 2. The molecule has 0 aliphatic rings. The Labute approximate surface area is 218 Å². The molecule has 178 valence electrons. The van der Waals surface area contributed by atoms with E-state index in [1.54, 1.807) is 0 Å². The van der Waals surface area contributed by atoms with Crippen molar-refractivity contribution < 1.29 is 0 Å². The lowest BCUT2D eigenvalue weighted by Gasteiger charge is -2.01. The molecule has 0 atom stereocenters. The van der Waals surface area contributed by atoms with Crippen LogP contribution in [-0.4, -0.2) is 19.9 Å². The Morgan fingerprint density at radius 3 is 1.26 bits per heavy atom. The fourth-order valence-corrected chi connectivity index (χ4v) is 5.32. The molecule has 0 bridgehead atoms. The molecule has 2 N–H and O–H groups in total. The summed E-state index contributed by atoms with van der Waals surface area (Å²) in [4.78, 5) is 16.8. The average molecular weight is 487 g/mol. The topological polar surface area (TPSA) is 57.4 Å². The molecule has 0 aliphatic heterocycles. The summed E-state index contributed by atoms with van der Waals surface area (Å²) in [5.74, 6) is 1.76. The van der Waals surface area contributed by atoms with Gasteiger partial charge in [-0.1, -0.05) is 84.9 Å². The number of rotatable bonds is 3. The first-order valence-corrected chi connectivity index (χ1v) is 12.8. The molecule has 8 aromatic rings. The first-order chi connectivity index (χ1) is 18.8. The van der Waals surface area contributed by atoms with Gasteiger partial charge in [-0.2, -0.15) is 0 Å². The molecule has 0 saturated carbocycles. The minimum absolute atomic E-state index is 0.880. The Morgan fingerprint density at radius 1 is 0.368 bits per heavy atom. The summed E-state index contributed by atoms with van der Waals surface area (Å²) in [6.07, 6.45) is 0. The first kappa shape index (κ1) is 20.9. The van der Waals surface area contributed by atoms with Crippen molar-refractivity contribution in [3.8, 4) is 33.9 Å². The van der Waals surface area contributed by atoms with Crippen LogP contribution < -0.4 is 0 Å². The van der Waals surface area contributed by atoms with E-state index in [0.29, 0.717) is 0 Å². The lowest BCUT2D eigenvalue weighted by atomic mass is 10.0. The molecule has 0 aliphatic carbocycles. The second-order valence-electron chi connectivity index (χ2n) is 9.76. The Bertz CT molecular complexity index is 1990. The Balaban J connectivity index is 1.15. The molecular weight excluding hydrogens is 464 g/mol. The smallest absolute Gasteiger partial charge is 0.138 e.